The first kappa shape index (κ1) is 17.5. The van der Waals surface area contributed by atoms with Crippen LogP contribution >= 0.6 is 15.9 Å². The average molecular weight is 423 g/mol. The topological polar surface area (TPSA) is 77.5 Å². The Bertz CT molecular complexity index is 1040. The first-order valence-corrected chi connectivity index (χ1v) is 9.52. The number of sulfonamides is 1. The molecule has 25 heavy (non-hydrogen) atoms. The fourth-order valence-corrected chi connectivity index (χ4v) is 3.94. The highest BCUT2D eigenvalue weighted by atomic mass is 79.9. The lowest BCUT2D eigenvalue weighted by atomic mass is 10.2. The standard InChI is InChI=1S/C17H15BrN2O4S/c1-23-15-8-5-11(10-16(15)24-2)25(21,22)20-14-7-6-13(18)12-4-3-9-19-17(12)14/h3-10,20H,1-2H3. The van der Waals surface area contributed by atoms with Crippen molar-refractivity contribution < 1.29 is 17.9 Å². The van der Waals surface area contributed by atoms with E-state index in [9.17, 15) is 8.42 Å². The third-order valence-corrected chi connectivity index (χ3v) is 5.68. The molecule has 1 aromatic heterocycles. The van der Waals surface area contributed by atoms with Crippen molar-refractivity contribution in [2.24, 2.45) is 0 Å². The summed E-state index contributed by atoms with van der Waals surface area (Å²) in [5.41, 5.74) is 0.953. The minimum Gasteiger partial charge on any atom is -0.493 e. The molecule has 0 spiro atoms. The number of anilines is 1. The molecule has 8 heteroatoms. The van der Waals surface area contributed by atoms with Crippen LogP contribution in [0.15, 0.2) is 58.0 Å². The van der Waals surface area contributed by atoms with Gasteiger partial charge in [0.15, 0.2) is 11.5 Å². The van der Waals surface area contributed by atoms with E-state index in [1.165, 1.54) is 26.4 Å². The number of rotatable bonds is 5. The Morgan fingerprint density at radius 3 is 2.52 bits per heavy atom. The van der Waals surface area contributed by atoms with Crippen LogP contribution < -0.4 is 14.2 Å². The highest BCUT2D eigenvalue weighted by Gasteiger charge is 2.19. The Labute approximate surface area is 154 Å². The maximum atomic E-state index is 12.8. The molecular formula is C17H15BrN2O4S. The predicted octanol–water partition coefficient (Wildman–Crippen LogP) is 3.82. The number of nitrogens with zero attached hydrogens (tertiary/aromatic N) is 1. The van der Waals surface area contributed by atoms with E-state index in [2.05, 4.69) is 25.6 Å². The number of fused-ring (bicyclic) bond motifs is 1. The van der Waals surface area contributed by atoms with E-state index < -0.39 is 10.0 Å². The number of pyridine rings is 1. The van der Waals surface area contributed by atoms with Gasteiger partial charge in [0, 0.05) is 22.1 Å². The van der Waals surface area contributed by atoms with E-state index in [-0.39, 0.29) is 4.90 Å². The van der Waals surface area contributed by atoms with Crippen LogP contribution in [0.25, 0.3) is 10.9 Å². The second kappa shape index (κ2) is 6.89. The molecule has 0 amide bonds. The Morgan fingerprint density at radius 2 is 1.80 bits per heavy atom. The summed E-state index contributed by atoms with van der Waals surface area (Å²) in [5, 5.41) is 0.815. The Balaban J connectivity index is 2.04. The van der Waals surface area contributed by atoms with Gasteiger partial charge in [0.2, 0.25) is 0 Å². The number of hydrogen-bond acceptors (Lipinski definition) is 5. The monoisotopic (exact) mass is 422 g/mol. The van der Waals surface area contributed by atoms with Crippen LogP contribution in [0.5, 0.6) is 11.5 Å². The fourth-order valence-electron chi connectivity index (χ4n) is 2.41. The number of aromatic nitrogens is 1. The SMILES string of the molecule is COc1ccc(S(=O)(=O)Nc2ccc(Br)c3cccnc23)cc1OC. The summed E-state index contributed by atoms with van der Waals surface area (Å²) in [6.45, 7) is 0. The van der Waals surface area contributed by atoms with Crippen LogP contribution in [-0.4, -0.2) is 27.6 Å². The Kier molecular flexibility index (Phi) is 4.82. The van der Waals surface area contributed by atoms with E-state index in [0.29, 0.717) is 22.7 Å². The highest BCUT2D eigenvalue weighted by molar-refractivity contribution is 9.10. The molecule has 0 fully saturated rings. The lowest BCUT2D eigenvalue weighted by Gasteiger charge is -2.13. The molecule has 0 radical (unpaired) electrons. The van der Waals surface area contributed by atoms with Gasteiger partial charge >= 0.3 is 0 Å². The van der Waals surface area contributed by atoms with Gasteiger partial charge in [-0.25, -0.2) is 8.42 Å². The molecule has 1 heterocycles. The molecule has 0 unspecified atom stereocenters. The lowest BCUT2D eigenvalue weighted by molar-refractivity contribution is 0.354. The molecule has 0 aliphatic heterocycles. The van der Waals surface area contributed by atoms with Gasteiger partial charge in [-0.2, -0.15) is 0 Å². The highest BCUT2D eigenvalue weighted by Crippen LogP contribution is 2.32. The van der Waals surface area contributed by atoms with E-state index in [1.807, 2.05) is 6.07 Å². The molecule has 0 saturated heterocycles. The van der Waals surface area contributed by atoms with Gasteiger partial charge in [0.1, 0.15) is 0 Å². The van der Waals surface area contributed by atoms with Crippen LogP contribution in [0.4, 0.5) is 5.69 Å². The first-order chi connectivity index (χ1) is 12.0. The largest absolute Gasteiger partial charge is 0.493 e. The van der Waals surface area contributed by atoms with Gasteiger partial charge in [-0.15, -0.1) is 0 Å². The van der Waals surface area contributed by atoms with E-state index in [0.717, 1.165) is 9.86 Å². The summed E-state index contributed by atoms with van der Waals surface area (Å²) in [6.07, 6.45) is 1.61. The minimum atomic E-state index is -3.82. The van der Waals surface area contributed by atoms with E-state index in [1.54, 1.807) is 30.5 Å². The van der Waals surface area contributed by atoms with Crippen LogP contribution in [0, 0.1) is 0 Å². The van der Waals surface area contributed by atoms with Crippen LogP contribution in [0.1, 0.15) is 0 Å². The van der Waals surface area contributed by atoms with Crippen molar-refractivity contribution in [1.82, 2.24) is 4.98 Å². The number of halogens is 1. The summed E-state index contributed by atoms with van der Waals surface area (Å²) in [5.74, 6) is 0.793. The third-order valence-electron chi connectivity index (χ3n) is 3.63. The van der Waals surface area contributed by atoms with Crippen molar-refractivity contribution in [3.05, 3.63) is 53.1 Å². The van der Waals surface area contributed by atoms with Crippen molar-refractivity contribution in [2.75, 3.05) is 18.9 Å². The maximum absolute atomic E-state index is 12.8. The maximum Gasteiger partial charge on any atom is 0.262 e. The second-order valence-corrected chi connectivity index (χ2v) is 7.65. The normalized spacial score (nSPS) is 11.3. The molecule has 0 aliphatic rings. The number of nitrogens with one attached hydrogen (secondary N) is 1. The van der Waals surface area contributed by atoms with Crippen molar-refractivity contribution in [1.29, 1.82) is 0 Å². The van der Waals surface area contributed by atoms with Gasteiger partial charge in [0.25, 0.3) is 10.0 Å². The molecule has 2 aromatic carbocycles. The molecule has 0 saturated carbocycles. The Morgan fingerprint density at radius 1 is 1.04 bits per heavy atom. The quantitative estimate of drug-likeness (QED) is 0.675. The van der Waals surface area contributed by atoms with Crippen LogP contribution in [-0.2, 0) is 10.0 Å². The number of hydrogen-bond donors (Lipinski definition) is 1. The summed E-state index contributed by atoms with van der Waals surface area (Å²) in [7, 11) is -0.874. The zero-order valence-electron chi connectivity index (χ0n) is 13.5. The number of methoxy groups -OCH3 is 2. The zero-order chi connectivity index (χ0) is 18.0. The molecule has 0 aliphatic carbocycles. The average Bonchev–Trinajstić information content (AvgIpc) is 2.63. The third kappa shape index (κ3) is 3.40. The number of ether oxygens (including phenoxy) is 2. The molecular weight excluding hydrogens is 408 g/mol. The second-order valence-electron chi connectivity index (χ2n) is 5.12. The van der Waals surface area contributed by atoms with Crippen LogP contribution in [0.3, 0.4) is 0 Å². The van der Waals surface area contributed by atoms with Crippen molar-refractivity contribution in [2.45, 2.75) is 4.90 Å². The van der Waals surface area contributed by atoms with Gasteiger partial charge in [-0.05, 0) is 30.3 Å². The molecule has 0 bridgehead atoms. The molecule has 0 atom stereocenters. The van der Waals surface area contributed by atoms with Crippen molar-refractivity contribution >= 4 is 42.5 Å². The summed E-state index contributed by atoms with van der Waals surface area (Å²) < 4.78 is 39.2. The summed E-state index contributed by atoms with van der Waals surface area (Å²) in [6, 6.07) is 11.5. The molecule has 6 nitrogen and oxygen atoms in total. The first-order valence-electron chi connectivity index (χ1n) is 7.24. The smallest absolute Gasteiger partial charge is 0.262 e. The molecule has 3 rings (SSSR count). The lowest BCUT2D eigenvalue weighted by Crippen LogP contribution is -2.13. The van der Waals surface area contributed by atoms with E-state index in [4.69, 9.17) is 9.47 Å². The zero-order valence-corrected chi connectivity index (χ0v) is 15.9. The summed E-state index contributed by atoms with van der Waals surface area (Å²) >= 11 is 3.44. The van der Waals surface area contributed by atoms with Crippen LogP contribution in [0.2, 0.25) is 0 Å². The fraction of sp³-hybridized carbons (Fsp3) is 0.118. The molecule has 130 valence electrons. The van der Waals surface area contributed by atoms with Gasteiger partial charge in [0.05, 0.1) is 30.3 Å². The number of benzene rings is 2. The van der Waals surface area contributed by atoms with Crippen molar-refractivity contribution in [3.8, 4) is 11.5 Å². The van der Waals surface area contributed by atoms with Gasteiger partial charge < -0.3 is 9.47 Å². The molecule has 1 N–H and O–H groups in total. The van der Waals surface area contributed by atoms with Crippen molar-refractivity contribution in [3.63, 3.8) is 0 Å². The van der Waals surface area contributed by atoms with Gasteiger partial charge in [-0.3, -0.25) is 9.71 Å². The summed E-state index contributed by atoms with van der Waals surface area (Å²) in [4.78, 5) is 4.35. The molecule has 3 aromatic rings. The predicted molar refractivity (Wildman–Crippen MR) is 99.8 cm³/mol. The van der Waals surface area contributed by atoms with E-state index >= 15 is 0 Å². The minimum absolute atomic E-state index is 0.0668. The van der Waals surface area contributed by atoms with Gasteiger partial charge in [-0.1, -0.05) is 22.0 Å². The Hall–Kier alpha value is -2.32.